The Morgan fingerprint density at radius 2 is 1.79 bits per heavy atom. The Bertz CT molecular complexity index is 473. The molecular weight excluding hydrogens is 234 g/mol. The normalized spacial score (nSPS) is 36.3. The number of fused-ring (bicyclic) bond motifs is 1. The first-order valence-electron chi connectivity index (χ1n) is 7.65. The average Bonchev–Trinajstić information content (AvgIpc) is 2.91. The maximum absolute atomic E-state index is 12.5. The molecule has 2 nitrogen and oxygen atoms in total. The highest BCUT2D eigenvalue weighted by molar-refractivity contribution is 5.79. The summed E-state index contributed by atoms with van der Waals surface area (Å²) >= 11 is 0. The third kappa shape index (κ3) is 2.07. The van der Waals surface area contributed by atoms with Crippen LogP contribution in [0.1, 0.15) is 37.2 Å². The van der Waals surface area contributed by atoms with E-state index >= 15 is 0 Å². The molecule has 19 heavy (non-hydrogen) atoms. The van der Waals surface area contributed by atoms with Crippen molar-refractivity contribution < 1.29 is 4.79 Å². The molecule has 1 saturated heterocycles. The van der Waals surface area contributed by atoms with Crippen molar-refractivity contribution in [3.63, 3.8) is 0 Å². The number of hydrogen-bond donors (Lipinski definition) is 0. The highest BCUT2D eigenvalue weighted by Gasteiger charge is 2.49. The number of rotatable bonds is 2. The van der Waals surface area contributed by atoms with Crippen LogP contribution in [0.4, 0.5) is 0 Å². The van der Waals surface area contributed by atoms with Gasteiger partial charge in [0.2, 0.25) is 5.91 Å². The molecule has 4 rings (SSSR count). The molecule has 0 N–H and O–H groups in total. The summed E-state index contributed by atoms with van der Waals surface area (Å²) < 4.78 is 0. The van der Waals surface area contributed by atoms with E-state index in [4.69, 9.17) is 0 Å². The van der Waals surface area contributed by atoms with Crippen LogP contribution >= 0.6 is 0 Å². The molecule has 1 heterocycles. The molecule has 2 saturated carbocycles. The quantitative estimate of drug-likeness (QED) is 0.795. The van der Waals surface area contributed by atoms with Crippen LogP contribution in [-0.2, 0) is 4.79 Å². The molecule has 0 aromatic heterocycles. The number of carbonyl (C=O) groups excluding carboxylic acids is 1. The number of likely N-dealkylation sites (tertiary alicyclic amines) is 1. The molecule has 0 spiro atoms. The van der Waals surface area contributed by atoms with Gasteiger partial charge in [0.05, 0.1) is 0 Å². The zero-order valence-corrected chi connectivity index (χ0v) is 11.3. The standard InChI is InChI=1S/C17H21NO/c19-17(16-9-14-8-15(14)10-16)18-7-6-13(11-18)12-4-2-1-3-5-12/h1-5,13-16H,6-11H2. The smallest absolute Gasteiger partial charge is 0.225 e. The predicted molar refractivity (Wildman–Crippen MR) is 74.7 cm³/mol. The van der Waals surface area contributed by atoms with Crippen LogP contribution in [0.2, 0.25) is 0 Å². The Morgan fingerprint density at radius 1 is 1.05 bits per heavy atom. The number of amides is 1. The van der Waals surface area contributed by atoms with Gasteiger partial charge in [0.1, 0.15) is 0 Å². The van der Waals surface area contributed by atoms with Gasteiger partial charge in [-0.2, -0.15) is 0 Å². The van der Waals surface area contributed by atoms with Crippen molar-refractivity contribution in [1.82, 2.24) is 4.90 Å². The molecule has 1 aliphatic heterocycles. The molecule has 100 valence electrons. The van der Waals surface area contributed by atoms with Crippen LogP contribution < -0.4 is 0 Å². The van der Waals surface area contributed by atoms with E-state index in [9.17, 15) is 4.79 Å². The summed E-state index contributed by atoms with van der Waals surface area (Å²) in [5, 5.41) is 0. The fourth-order valence-corrected chi connectivity index (χ4v) is 4.13. The van der Waals surface area contributed by atoms with E-state index in [1.807, 2.05) is 0 Å². The molecule has 0 radical (unpaired) electrons. The van der Waals surface area contributed by atoms with Crippen LogP contribution in [0, 0.1) is 17.8 Å². The predicted octanol–water partition coefficient (Wildman–Crippen LogP) is 3.05. The van der Waals surface area contributed by atoms with E-state index in [1.54, 1.807) is 0 Å². The van der Waals surface area contributed by atoms with Crippen LogP contribution in [-0.4, -0.2) is 23.9 Å². The molecule has 3 atom stereocenters. The first-order chi connectivity index (χ1) is 9.31. The van der Waals surface area contributed by atoms with Crippen molar-refractivity contribution in [3.05, 3.63) is 35.9 Å². The van der Waals surface area contributed by atoms with Crippen LogP contribution in [0.25, 0.3) is 0 Å². The summed E-state index contributed by atoms with van der Waals surface area (Å²) in [6.45, 7) is 1.90. The van der Waals surface area contributed by atoms with E-state index in [0.29, 0.717) is 17.7 Å². The molecular formula is C17H21NO. The van der Waals surface area contributed by atoms with E-state index in [-0.39, 0.29) is 0 Å². The minimum Gasteiger partial charge on any atom is -0.342 e. The maximum Gasteiger partial charge on any atom is 0.225 e. The second-order valence-electron chi connectivity index (χ2n) is 6.60. The van der Waals surface area contributed by atoms with Crippen molar-refractivity contribution >= 4 is 5.91 Å². The lowest BCUT2D eigenvalue weighted by atomic mass is 9.98. The van der Waals surface area contributed by atoms with Crippen molar-refractivity contribution in [1.29, 1.82) is 0 Å². The molecule has 0 bridgehead atoms. The van der Waals surface area contributed by atoms with Gasteiger partial charge in [0.15, 0.2) is 0 Å². The first-order valence-corrected chi connectivity index (χ1v) is 7.65. The van der Waals surface area contributed by atoms with Gasteiger partial charge >= 0.3 is 0 Å². The molecule has 1 aromatic rings. The summed E-state index contributed by atoms with van der Waals surface area (Å²) in [5.41, 5.74) is 1.40. The zero-order chi connectivity index (χ0) is 12.8. The lowest BCUT2D eigenvalue weighted by Gasteiger charge is -2.21. The van der Waals surface area contributed by atoms with Crippen molar-refractivity contribution in [2.75, 3.05) is 13.1 Å². The Balaban J connectivity index is 1.40. The van der Waals surface area contributed by atoms with E-state index in [2.05, 4.69) is 35.2 Å². The van der Waals surface area contributed by atoms with Gasteiger partial charge < -0.3 is 4.90 Å². The topological polar surface area (TPSA) is 20.3 Å². The average molecular weight is 255 g/mol. The van der Waals surface area contributed by atoms with Gasteiger partial charge in [-0.1, -0.05) is 30.3 Å². The van der Waals surface area contributed by atoms with Gasteiger partial charge in [-0.15, -0.1) is 0 Å². The summed E-state index contributed by atoms with van der Waals surface area (Å²) in [5.74, 6) is 3.17. The molecule has 3 aliphatic rings. The first kappa shape index (κ1) is 11.5. The van der Waals surface area contributed by atoms with Crippen molar-refractivity contribution in [2.45, 2.75) is 31.6 Å². The largest absolute Gasteiger partial charge is 0.342 e. The van der Waals surface area contributed by atoms with E-state index in [1.165, 1.54) is 24.8 Å². The summed E-state index contributed by atoms with van der Waals surface area (Å²) in [6.07, 6.45) is 4.89. The molecule has 2 heteroatoms. The van der Waals surface area contributed by atoms with Crippen LogP contribution in [0.15, 0.2) is 30.3 Å². The summed E-state index contributed by atoms with van der Waals surface area (Å²) in [7, 11) is 0. The van der Waals surface area contributed by atoms with Gasteiger partial charge in [-0.25, -0.2) is 0 Å². The number of benzene rings is 1. The minimum absolute atomic E-state index is 0.360. The second kappa shape index (κ2) is 4.36. The minimum atomic E-state index is 0.360. The number of hydrogen-bond acceptors (Lipinski definition) is 1. The van der Waals surface area contributed by atoms with Gasteiger partial charge in [-0.3, -0.25) is 4.79 Å². The van der Waals surface area contributed by atoms with Gasteiger partial charge in [0, 0.05) is 24.9 Å². The third-order valence-corrected chi connectivity index (χ3v) is 5.36. The van der Waals surface area contributed by atoms with Crippen LogP contribution in [0.5, 0.6) is 0 Å². The third-order valence-electron chi connectivity index (χ3n) is 5.36. The molecule has 3 unspecified atom stereocenters. The number of nitrogens with zero attached hydrogens (tertiary/aromatic N) is 1. The fourth-order valence-electron chi connectivity index (χ4n) is 4.13. The second-order valence-corrected chi connectivity index (χ2v) is 6.60. The molecule has 1 aromatic carbocycles. The Kier molecular flexibility index (Phi) is 2.64. The Labute approximate surface area is 114 Å². The van der Waals surface area contributed by atoms with Crippen molar-refractivity contribution in [3.8, 4) is 0 Å². The maximum atomic E-state index is 12.5. The summed E-state index contributed by atoms with van der Waals surface area (Å²) in [6, 6.07) is 10.7. The van der Waals surface area contributed by atoms with E-state index < -0.39 is 0 Å². The zero-order valence-electron chi connectivity index (χ0n) is 11.3. The highest BCUT2D eigenvalue weighted by atomic mass is 16.2. The molecule has 3 fully saturated rings. The Hall–Kier alpha value is -1.31. The van der Waals surface area contributed by atoms with Gasteiger partial charge in [0.25, 0.3) is 0 Å². The molecule has 1 amide bonds. The van der Waals surface area contributed by atoms with E-state index in [0.717, 1.165) is 31.3 Å². The lowest BCUT2D eigenvalue weighted by molar-refractivity contribution is -0.134. The highest BCUT2D eigenvalue weighted by Crippen LogP contribution is 2.54. The Morgan fingerprint density at radius 3 is 2.53 bits per heavy atom. The SMILES string of the molecule is O=C(C1CC2CC2C1)N1CCC(c2ccccc2)C1. The fraction of sp³-hybridized carbons (Fsp3) is 0.588. The van der Waals surface area contributed by atoms with Gasteiger partial charge in [-0.05, 0) is 43.1 Å². The molecule has 2 aliphatic carbocycles. The van der Waals surface area contributed by atoms with Crippen molar-refractivity contribution in [2.24, 2.45) is 17.8 Å². The number of carbonyl (C=O) groups is 1. The summed E-state index contributed by atoms with van der Waals surface area (Å²) in [4.78, 5) is 14.6. The lowest BCUT2D eigenvalue weighted by Crippen LogP contribution is -2.33. The van der Waals surface area contributed by atoms with Crippen LogP contribution in [0.3, 0.4) is 0 Å². The monoisotopic (exact) mass is 255 g/mol.